The highest BCUT2D eigenvalue weighted by Crippen LogP contribution is 2.11. The summed E-state index contributed by atoms with van der Waals surface area (Å²) in [5, 5.41) is 12.7. The Morgan fingerprint density at radius 1 is 1.33 bits per heavy atom. The van der Waals surface area contributed by atoms with Crippen molar-refractivity contribution in [3.63, 3.8) is 0 Å². The molecule has 0 aliphatic heterocycles. The van der Waals surface area contributed by atoms with E-state index in [1.54, 1.807) is 4.68 Å². The lowest BCUT2D eigenvalue weighted by atomic mass is 10.3. The first-order valence-electron chi connectivity index (χ1n) is 4.21. The summed E-state index contributed by atoms with van der Waals surface area (Å²) in [6.07, 6.45) is 2.82. The summed E-state index contributed by atoms with van der Waals surface area (Å²) in [6.45, 7) is 0. The number of benzene rings is 1. The Kier molecular flexibility index (Phi) is 2.72. The van der Waals surface area contributed by atoms with Crippen molar-refractivity contribution in [1.82, 2.24) is 9.78 Å². The lowest BCUT2D eigenvalue weighted by Crippen LogP contribution is -1.95. The Morgan fingerprint density at radius 3 is 2.53 bits per heavy atom. The van der Waals surface area contributed by atoms with E-state index in [-0.39, 0.29) is 5.56 Å². The number of rotatable bonds is 2. The third kappa shape index (κ3) is 2.17. The van der Waals surface area contributed by atoms with E-state index in [2.05, 4.69) is 27.7 Å². The molecule has 0 atom stereocenters. The summed E-state index contributed by atoms with van der Waals surface area (Å²) in [7, 11) is 0. The molecular formula is C10H7IN2O2. The second-order valence-corrected chi connectivity index (χ2v) is 4.20. The molecule has 0 bridgehead atoms. The van der Waals surface area contributed by atoms with Gasteiger partial charge in [0.2, 0.25) is 0 Å². The van der Waals surface area contributed by atoms with E-state index >= 15 is 0 Å². The van der Waals surface area contributed by atoms with Crippen LogP contribution in [0, 0.1) is 3.57 Å². The first-order valence-corrected chi connectivity index (χ1v) is 5.28. The van der Waals surface area contributed by atoms with Crippen LogP contribution in [0.15, 0.2) is 36.7 Å². The molecule has 2 rings (SSSR count). The summed E-state index contributed by atoms with van der Waals surface area (Å²) < 4.78 is 2.67. The molecule has 0 aliphatic rings. The molecule has 0 spiro atoms. The zero-order chi connectivity index (χ0) is 10.8. The first-order chi connectivity index (χ1) is 7.16. The lowest BCUT2D eigenvalue weighted by molar-refractivity contribution is 0.0697. The van der Waals surface area contributed by atoms with E-state index in [9.17, 15) is 4.79 Å². The summed E-state index contributed by atoms with van der Waals surface area (Å²) in [4.78, 5) is 10.6. The maximum atomic E-state index is 10.6. The van der Waals surface area contributed by atoms with E-state index in [1.807, 2.05) is 24.3 Å². The summed E-state index contributed by atoms with van der Waals surface area (Å²) in [5.74, 6) is -0.966. The molecule has 15 heavy (non-hydrogen) atoms. The maximum Gasteiger partial charge on any atom is 0.338 e. The fraction of sp³-hybridized carbons (Fsp3) is 0. The summed E-state index contributed by atoms with van der Waals surface area (Å²) in [5.41, 5.74) is 1.04. The molecule has 76 valence electrons. The van der Waals surface area contributed by atoms with Gasteiger partial charge in [-0.3, -0.25) is 0 Å². The molecule has 1 heterocycles. The number of carbonyl (C=O) groups is 1. The minimum absolute atomic E-state index is 0.188. The fourth-order valence-electron chi connectivity index (χ4n) is 1.17. The van der Waals surface area contributed by atoms with Gasteiger partial charge < -0.3 is 5.11 Å². The molecule has 0 fully saturated rings. The van der Waals surface area contributed by atoms with Gasteiger partial charge in [-0.25, -0.2) is 9.48 Å². The van der Waals surface area contributed by atoms with Crippen LogP contribution in [0.3, 0.4) is 0 Å². The van der Waals surface area contributed by atoms with Crippen molar-refractivity contribution in [2.45, 2.75) is 0 Å². The van der Waals surface area contributed by atoms with Crippen molar-refractivity contribution < 1.29 is 9.90 Å². The van der Waals surface area contributed by atoms with Crippen molar-refractivity contribution in [2.24, 2.45) is 0 Å². The first kappa shape index (κ1) is 10.2. The lowest BCUT2D eigenvalue weighted by Gasteiger charge is -1.99. The van der Waals surface area contributed by atoms with Gasteiger partial charge in [0.25, 0.3) is 0 Å². The molecule has 0 radical (unpaired) electrons. The van der Waals surface area contributed by atoms with E-state index < -0.39 is 5.97 Å². The zero-order valence-corrected chi connectivity index (χ0v) is 9.75. The Bertz CT molecular complexity index is 490. The molecule has 1 aromatic heterocycles. The van der Waals surface area contributed by atoms with Crippen LogP contribution in [0.25, 0.3) is 5.69 Å². The SMILES string of the molecule is O=C(O)c1cnn(-c2ccc(I)cc2)c1. The molecule has 0 unspecified atom stereocenters. The van der Waals surface area contributed by atoms with Crippen LogP contribution in [0.2, 0.25) is 0 Å². The van der Waals surface area contributed by atoms with Crippen LogP contribution in [-0.4, -0.2) is 20.9 Å². The van der Waals surface area contributed by atoms with Crippen molar-refractivity contribution in [3.05, 3.63) is 45.8 Å². The fourth-order valence-corrected chi connectivity index (χ4v) is 1.53. The molecule has 1 aromatic carbocycles. The largest absolute Gasteiger partial charge is 0.478 e. The molecule has 4 nitrogen and oxygen atoms in total. The van der Waals surface area contributed by atoms with Crippen molar-refractivity contribution in [1.29, 1.82) is 0 Å². The van der Waals surface area contributed by atoms with E-state index in [4.69, 9.17) is 5.11 Å². The zero-order valence-electron chi connectivity index (χ0n) is 7.59. The van der Waals surface area contributed by atoms with Crippen LogP contribution in [0.5, 0.6) is 0 Å². The molecular weight excluding hydrogens is 307 g/mol. The average molecular weight is 314 g/mol. The van der Waals surface area contributed by atoms with Crippen LogP contribution < -0.4 is 0 Å². The van der Waals surface area contributed by atoms with E-state index in [1.165, 1.54) is 12.4 Å². The Labute approximate surface area is 99.7 Å². The van der Waals surface area contributed by atoms with Gasteiger partial charge in [0.05, 0.1) is 17.4 Å². The van der Waals surface area contributed by atoms with Crippen molar-refractivity contribution in [3.8, 4) is 5.69 Å². The number of aromatic nitrogens is 2. The van der Waals surface area contributed by atoms with Gasteiger partial charge >= 0.3 is 5.97 Å². The van der Waals surface area contributed by atoms with Crippen molar-refractivity contribution >= 4 is 28.6 Å². The molecule has 0 amide bonds. The van der Waals surface area contributed by atoms with Crippen LogP contribution in [0.4, 0.5) is 0 Å². The molecule has 0 saturated heterocycles. The molecule has 0 saturated carbocycles. The number of halogens is 1. The number of aromatic carboxylic acids is 1. The normalized spacial score (nSPS) is 10.2. The maximum absolute atomic E-state index is 10.6. The Balaban J connectivity index is 2.37. The topological polar surface area (TPSA) is 55.1 Å². The van der Waals surface area contributed by atoms with E-state index in [0.29, 0.717) is 0 Å². The van der Waals surface area contributed by atoms with Crippen molar-refractivity contribution in [2.75, 3.05) is 0 Å². The minimum atomic E-state index is -0.966. The smallest absolute Gasteiger partial charge is 0.338 e. The quantitative estimate of drug-likeness (QED) is 0.865. The Morgan fingerprint density at radius 2 is 2.00 bits per heavy atom. The predicted molar refractivity (Wildman–Crippen MR) is 63.2 cm³/mol. The molecule has 5 heteroatoms. The van der Waals surface area contributed by atoms with Gasteiger partial charge in [0.15, 0.2) is 0 Å². The van der Waals surface area contributed by atoms with Gasteiger partial charge in [0.1, 0.15) is 0 Å². The summed E-state index contributed by atoms with van der Waals surface area (Å²) >= 11 is 2.21. The highest BCUT2D eigenvalue weighted by Gasteiger charge is 2.06. The van der Waals surface area contributed by atoms with E-state index in [0.717, 1.165) is 9.26 Å². The second-order valence-electron chi connectivity index (χ2n) is 2.96. The Hall–Kier alpha value is -1.37. The van der Waals surface area contributed by atoms with Crippen LogP contribution >= 0.6 is 22.6 Å². The van der Waals surface area contributed by atoms with Gasteiger partial charge in [-0.15, -0.1) is 0 Å². The second kappa shape index (κ2) is 4.01. The van der Waals surface area contributed by atoms with Gasteiger partial charge in [-0.1, -0.05) is 0 Å². The minimum Gasteiger partial charge on any atom is -0.478 e. The average Bonchev–Trinajstić information content (AvgIpc) is 2.68. The number of carboxylic acids is 1. The van der Waals surface area contributed by atoms with Gasteiger partial charge in [-0.05, 0) is 46.9 Å². The highest BCUT2D eigenvalue weighted by atomic mass is 127. The predicted octanol–water partition coefficient (Wildman–Crippen LogP) is 2.18. The highest BCUT2D eigenvalue weighted by molar-refractivity contribution is 14.1. The summed E-state index contributed by atoms with van der Waals surface area (Å²) in [6, 6.07) is 7.66. The molecule has 0 aliphatic carbocycles. The molecule has 1 N–H and O–H groups in total. The standard InChI is InChI=1S/C10H7IN2O2/c11-8-1-3-9(4-2-8)13-6-7(5-12-13)10(14)15/h1-6H,(H,14,15). The van der Waals surface area contributed by atoms with Gasteiger partial charge in [-0.2, -0.15) is 5.10 Å². The number of hydrogen-bond donors (Lipinski definition) is 1. The van der Waals surface area contributed by atoms with Crippen LogP contribution in [0.1, 0.15) is 10.4 Å². The number of hydrogen-bond acceptors (Lipinski definition) is 2. The third-order valence-corrected chi connectivity index (χ3v) is 2.64. The van der Waals surface area contributed by atoms with Gasteiger partial charge in [0, 0.05) is 9.77 Å². The third-order valence-electron chi connectivity index (χ3n) is 1.92. The monoisotopic (exact) mass is 314 g/mol. The number of nitrogens with zero attached hydrogens (tertiary/aromatic N) is 2. The van der Waals surface area contributed by atoms with Crippen LogP contribution in [-0.2, 0) is 0 Å². The molecule has 2 aromatic rings. The number of carboxylic acid groups (broad SMARTS) is 1.